The molecule has 0 saturated heterocycles. The van der Waals surface area contributed by atoms with Crippen molar-refractivity contribution in [2.24, 2.45) is 5.92 Å². The Morgan fingerprint density at radius 2 is 2.25 bits per heavy atom. The van der Waals surface area contributed by atoms with Gasteiger partial charge in [0.1, 0.15) is 4.88 Å². The third-order valence-corrected chi connectivity index (χ3v) is 4.54. The van der Waals surface area contributed by atoms with E-state index in [1.807, 2.05) is 23.3 Å². The maximum Gasteiger partial charge on any atom is 0.265 e. The van der Waals surface area contributed by atoms with Crippen molar-refractivity contribution in [3.05, 3.63) is 20.8 Å². The van der Waals surface area contributed by atoms with E-state index in [0.29, 0.717) is 5.92 Å². The van der Waals surface area contributed by atoms with E-state index in [0.717, 1.165) is 28.9 Å². The number of thiophene rings is 1. The number of hydrogen-bond donors (Lipinski definition) is 0. The van der Waals surface area contributed by atoms with Crippen LogP contribution in [0.2, 0.25) is 0 Å². The fraction of sp³-hybridized carbons (Fsp3) is 0.583. The number of rotatable bonds is 5. The Morgan fingerprint density at radius 1 is 1.56 bits per heavy atom. The summed E-state index contributed by atoms with van der Waals surface area (Å²) in [6, 6.07) is 1.93. The molecule has 0 aliphatic carbocycles. The topological polar surface area (TPSA) is 20.3 Å². The standard InChI is InChI=1S/C12H18BrNOS/c1-4-9(3)8-14(5-2)12(15)11-10(13)6-7-16-11/h6-7,9H,4-5,8H2,1-3H3. The van der Waals surface area contributed by atoms with Crippen molar-refractivity contribution in [3.8, 4) is 0 Å². The van der Waals surface area contributed by atoms with Gasteiger partial charge in [-0.3, -0.25) is 4.79 Å². The van der Waals surface area contributed by atoms with Gasteiger partial charge < -0.3 is 4.90 Å². The number of carbonyl (C=O) groups excluding carboxylic acids is 1. The van der Waals surface area contributed by atoms with Crippen LogP contribution in [-0.2, 0) is 0 Å². The molecule has 1 aromatic heterocycles. The van der Waals surface area contributed by atoms with Crippen molar-refractivity contribution >= 4 is 33.2 Å². The predicted octanol–water partition coefficient (Wildman–Crippen LogP) is 4.02. The minimum Gasteiger partial charge on any atom is -0.338 e. The SMILES string of the molecule is CCC(C)CN(CC)C(=O)c1sccc1Br. The number of amides is 1. The zero-order valence-corrected chi connectivity index (χ0v) is 12.4. The molecule has 0 radical (unpaired) electrons. The van der Waals surface area contributed by atoms with Crippen molar-refractivity contribution in [1.82, 2.24) is 4.90 Å². The fourth-order valence-electron chi connectivity index (χ4n) is 1.45. The van der Waals surface area contributed by atoms with Crippen molar-refractivity contribution in [2.45, 2.75) is 27.2 Å². The highest BCUT2D eigenvalue weighted by Crippen LogP contribution is 2.24. The van der Waals surface area contributed by atoms with Crippen molar-refractivity contribution < 1.29 is 4.79 Å². The van der Waals surface area contributed by atoms with Crippen LogP contribution in [0.25, 0.3) is 0 Å². The normalized spacial score (nSPS) is 12.5. The molecule has 0 aliphatic heterocycles. The lowest BCUT2D eigenvalue weighted by Gasteiger charge is -2.23. The molecule has 0 N–H and O–H groups in total. The van der Waals surface area contributed by atoms with Gasteiger partial charge in [0.15, 0.2) is 0 Å². The molecule has 0 aliphatic rings. The molecule has 0 aromatic carbocycles. The third-order valence-electron chi connectivity index (χ3n) is 2.71. The molecule has 1 atom stereocenters. The zero-order chi connectivity index (χ0) is 12.1. The van der Waals surface area contributed by atoms with E-state index >= 15 is 0 Å². The molecule has 1 aromatic rings. The summed E-state index contributed by atoms with van der Waals surface area (Å²) in [5.74, 6) is 0.701. The number of carbonyl (C=O) groups is 1. The first kappa shape index (κ1) is 13.7. The molecule has 0 spiro atoms. The minimum atomic E-state index is 0.143. The molecule has 0 bridgehead atoms. The van der Waals surface area contributed by atoms with Gasteiger partial charge in [-0.25, -0.2) is 0 Å². The van der Waals surface area contributed by atoms with E-state index in [9.17, 15) is 4.79 Å². The maximum absolute atomic E-state index is 12.2. The summed E-state index contributed by atoms with van der Waals surface area (Å²) in [7, 11) is 0. The second kappa shape index (κ2) is 6.40. The van der Waals surface area contributed by atoms with Gasteiger partial charge in [-0.15, -0.1) is 11.3 Å². The van der Waals surface area contributed by atoms with Crippen LogP contribution < -0.4 is 0 Å². The average molecular weight is 304 g/mol. The summed E-state index contributed by atoms with van der Waals surface area (Å²) in [5.41, 5.74) is 0. The van der Waals surface area contributed by atoms with Crippen molar-refractivity contribution in [1.29, 1.82) is 0 Å². The number of halogens is 1. The van der Waals surface area contributed by atoms with Crippen molar-refractivity contribution in [2.75, 3.05) is 13.1 Å². The first-order chi connectivity index (χ1) is 7.60. The Labute approximate surface area is 110 Å². The number of hydrogen-bond acceptors (Lipinski definition) is 2. The molecule has 0 fully saturated rings. The summed E-state index contributed by atoms with van der Waals surface area (Å²) in [6.45, 7) is 7.98. The summed E-state index contributed by atoms with van der Waals surface area (Å²) in [4.78, 5) is 14.9. The van der Waals surface area contributed by atoms with E-state index in [4.69, 9.17) is 0 Å². The van der Waals surface area contributed by atoms with Gasteiger partial charge in [0, 0.05) is 17.6 Å². The van der Waals surface area contributed by atoms with Crippen LogP contribution in [0.15, 0.2) is 15.9 Å². The molecular formula is C12H18BrNOS. The van der Waals surface area contributed by atoms with Crippen LogP contribution in [0.1, 0.15) is 36.9 Å². The summed E-state index contributed by atoms with van der Waals surface area (Å²) in [5, 5.41) is 1.94. The van der Waals surface area contributed by atoms with Gasteiger partial charge in [0.25, 0.3) is 5.91 Å². The molecule has 1 rings (SSSR count). The van der Waals surface area contributed by atoms with Gasteiger partial charge in [-0.1, -0.05) is 20.3 Å². The third kappa shape index (κ3) is 3.32. The molecule has 4 heteroatoms. The van der Waals surface area contributed by atoms with E-state index in [-0.39, 0.29) is 5.91 Å². The lowest BCUT2D eigenvalue weighted by atomic mass is 10.1. The average Bonchev–Trinajstić information content (AvgIpc) is 2.71. The molecule has 0 saturated carbocycles. The van der Waals surface area contributed by atoms with Gasteiger partial charge >= 0.3 is 0 Å². The van der Waals surface area contributed by atoms with Crippen LogP contribution in [-0.4, -0.2) is 23.9 Å². The molecule has 2 nitrogen and oxygen atoms in total. The van der Waals surface area contributed by atoms with Crippen LogP contribution in [0, 0.1) is 5.92 Å². The Morgan fingerprint density at radius 3 is 2.69 bits per heavy atom. The largest absolute Gasteiger partial charge is 0.338 e. The fourth-order valence-corrected chi connectivity index (χ4v) is 2.96. The Hall–Kier alpha value is -0.350. The molecule has 1 heterocycles. The van der Waals surface area contributed by atoms with Crippen LogP contribution in [0.5, 0.6) is 0 Å². The molecule has 1 unspecified atom stereocenters. The minimum absolute atomic E-state index is 0.143. The van der Waals surface area contributed by atoms with Crippen LogP contribution in [0.4, 0.5) is 0 Å². The molecule has 90 valence electrons. The summed E-state index contributed by atoms with van der Waals surface area (Å²) < 4.78 is 0.908. The Kier molecular flexibility index (Phi) is 5.49. The first-order valence-corrected chi connectivity index (χ1v) is 7.29. The number of nitrogens with zero attached hydrogens (tertiary/aromatic N) is 1. The van der Waals surface area contributed by atoms with Crippen molar-refractivity contribution in [3.63, 3.8) is 0 Å². The predicted molar refractivity (Wildman–Crippen MR) is 73.1 cm³/mol. The highest BCUT2D eigenvalue weighted by Gasteiger charge is 2.19. The smallest absolute Gasteiger partial charge is 0.265 e. The van der Waals surface area contributed by atoms with Gasteiger partial charge in [-0.2, -0.15) is 0 Å². The van der Waals surface area contributed by atoms with Crippen LogP contribution >= 0.6 is 27.3 Å². The Balaban J connectivity index is 2.74. The molecule has 16 heavy (non-hydrogen) atoms. The quantitative estimate of drug-likeness (QED) is 0.804. The van der Waals surface area contributed by atoms with Gasteiger partial charge in [-0.05, 0) is 40.2 Å². The van der Waals surface area contributed by atoms with Crippen LogP contribution in [0.3, 0.4) is 0 Å². The lowest BCUT2D eigenvalue weighted by molar-refractivity contribution is 0.0745. The van der Waals surface area contributed by atoms with E-state index in [1.54, 1.807) is 0 Å². The summed E-state index contributed by atoms with van der Waals surface area (Å²) >= 11 is 4.91. The zero-order valence-electron chi connectivity index (χ0n) is 10.00. The second-order valence-electron chi connectivity index (χ2n) is 3.95. The highest BCUT2D eigenvalue weighted by molar-refractivity contribution is 9.10. The van der Waals surface area contributed by atoms with E-state index < -0.39 is 0 Å². The molecule has 1 amide bonds. The van der Waals surface area contributed by atoms with Gasteiger partial charge in [0.05, 0.1) is 0 Å². The summed E-state index contributed by atoms with van der Waals surface area (Å²) in [6.07, 6.45) is 1.11. The van der Waals surface area contributed by atoms with E-state index in [1.165, 1.54) is 11.3 Å². The lowest BCUT2D eigenvalue weighted by Crippen LogP contribution is -2.34. The van der Waals surface area contributed by atoms with Gasteiger partial charge in [0.2, 0.25) is 0 Å². The Bertz CT molecular complexity index is 351. The molecular weight excluding hydrogens is 286 g/mol. The second-order valence-corrected chi connectivity index (χ2v) is 5.73. The van der Waals surface area contributed by atoms with E-state index in [2.05, 4.69) is 29.8 Å². The maximum atomic E-state index is 12.2. The first-order valence-electron chi connectivity index (χ1n) is 5.62. The highest BCUT2D eigenvalue weighted by atomic mass is 79.9. The monoisotopic (exact) mass is 303 g/mol.